The summed E-state index contributed by atoms with van der Waals surface area (Å²) < 4.78 is 5.41. The lowest BCUT2D eigenvalue weighted by molar-refractivity contribution is 0.331. The summed E-state index contributed by atoms with van der Waals surface area (Å²) in [6.45, 7) is 2.55. The Bertz CT molecular complexity index is 454. The van der Waals surface area contributed by atoms with Crippen LogP contribution in [0, 0.1) is 0 Å². The molecule has 0 radical (unpaired) electrons. The number of nitrogens with two attached hydrogens (primary N) is 1. The van der Waals surface area contributed by atoms with Crippen LogP contribution < -0.4 is 10.5 Å². The van der Waals surface area contributed by atoms with Crippen LogP contribution in [-0.2, 0) is 0 Å². The van der Waals surface area contributed by atoms with Gasteiger partial charge >= 0.3 is 0 Å². The van der Waals surface area contributed by atoms with Crippen molar-refractivity contribution in [3.8, 4) is 5.88 Å². The number of hydrogen-bond acceptors (Lipinski definition) is 3. The first-order valence-corrected chi connectivity index (χ1v) is 4.59. The Hall–Kier alpha value is -1.77. The molecule has 1 aromatic heterocycles. The van der Waals surface area contributed by atoms with Gasteiger partial charge in [0.1, 0.15) is 0 Å². The van der Waals surface area contributed by atoms with E-state index < -0.39 is 0 Å². The van der Waals surface area contributed by atoms with Crippen molar-refractivity contribution in [1.82, 2.24) is 4.98 Å². The number of fused-ring (bicyclic) bond motifs is 1. The monoisotopic (exact) mass is 188 g/mol. The van der Waals surface area contributed by atoms with Crippen LogP contribution in [0.3, 0.4) is 0 Å². The van der Waals surface area contributed by atoms with Crippen molar-refractivity contribution in [2.24, 2.45) is 0 Å². The average Bonchev–Trinajstić information content (AvgIpc) is 2.23. The highest BCUT2D eigenvalue weighted by molar-refractivity contribution is 5.95. The summed E-state index contributed by atoms with van der Waals surface area (Å²) in [5, 5.41) is 1.96. The first kappa shape index (κ1) is 8.81. The predicted octanol–water partition coefficient (Wildman–Crippen LogP) is 2.22. The molecule has 0 amide bonds. The Morgan fingerprint density at radius 1 is 1.29 bits per heavy atom. The third-order valence-corrected chi connectivity index (χ3v) is 2.07. The molecule has 3 nitrogen and oxygen atoms in total. The first-order chi connectivity index (χ1) is 6.83. The van der Waals surface area contributed by atoms with Crippen LogP contribution in [0.25, 0.3) is 10.8 Å². The fourth-order valence-corrected chi connectivity index (χ4v) is 1.44. The fourth-order valence-electron chi connectivity index (χ4n) is 1.44. The van der Waals surface area contributed by atoms with Crippen LogP contribution in [0.1, 0.15) is 6.92 Å². The Balaban J connectivity index is 2.68. The summed E-state index contributed by atoms with van der Waals surface area (Å²) in [7, 11) is 0. The number of benzene rings is 1. The number of pyridine rings is 1. The van der Waals surface area contributed by atoms with E-state index >= 15 is 0 Å². The molecule has 0 fully saturated rings. The average molecular weight is 188 g/mol. The maximum Gasteiger partial charge on any atom is 0.221 e. The van der Waals surface area contributed by atoms with Crippen molar-refractivity contribution in [2.75, 3.05) is 12.3 Å². The highest BCUT2D eigenvalue weighted by Gasteiger charge is 2.04. The van der Waals surface area contributed by atoms with Gasteiger partial charge in [0.15, 0.2) is 0 Å². The van der Waals surface area contributed by atoms with Crippen LogP contribution in [0.15, 0.2) is 30.5 Å². The Labute approximate surface area is 82.5 Å². The van der Waals surface area contributed by atoms with E-state index in [0.29, 0.717) is 18.2 Å². The molecule has 0 bridgehead atoms. The van der Waals surface area contributed by atoms with E-state index in [-0.39, 0.29) is 0 Å². The molecular formula is C11H12N2O. The van der Waals surface area contributed by atoms with E-state index in [2.05, 4.69) is 4.98 Å². The minimum absolute atomic E-state index is 0.612. The molecular weight excluding hydrogens is 176 g/mol. The molecule has 14 heavy (non-hydrogen) atoms. The van der Waals surface area contributed by atoms with Crippen molar-refractivity contribution in [3.63, 3.8) is 0 Å². The summed E-state index contributed by atoms with van der Waals surface area (Å²) in [6, 6.07) is 7.83. The van der Waals surface area contributed by atoms with Crippen molar-refractivity contribution in [3.05, 3.63) is 30.5 Å². The maximum atomic E-state index is 5.80. The number of ether oxygens (including phenoxy) is 1. The smallest absolute Gasteiger partial charge is 0.221 e. The lowest BCUT2D eigenvalue weighted by Gasteiger charge is -2.07. The molecule has 0 unspecified atom stereocenters. The molecule has 0 spiro atoms. The predicted molar refractivity (Wildman–Crippen MR) is 57.3 cm³/mol. The highest BCUT2D eigenvalue weighted by Crippen LogP contribution is 2.26. The lowest BCUT2D eigenvalue weighted by atomic mass is 10.1. The van der Waals surface area contributed by atoms with Gasteiger partial charge in [0.25, 0.3) is 0 Å². The van der Waals surface area contributed by atoms with E-state index in [1.54, 1.807) is 6.20 Å². The molecule has 2 aromatic rings. The van der Waals surface area contributed by atoms with Gasteiger partial charge in [0.05, 0.1) is 18.5 Å². The zero-order chi connectivity index (χ0) is 9.97. The molecule has 0 saturated heterocycles. The van der Waals surface area contributed by atoms with E-state index in [1.165, 1.54) is 0 Å². The quantitative estimate of drug-likeness (QED) is 0.786. The molecule has 0 aliphatic rings. The Morgan fingerprint density at radius 3 is 2.71 bits per heavy atom. The number of rotatable bonds is 2. The van der Waals surface area contributed by atoms with Gasteiger partial charge in [-0.1, -0.05) is 18.2 Å². The third-order valence-electron chi connectivity index (χ3n) is 2.07. The van der Waals surface area contributed by atoms with Crippen LogP contribution in [0.5, 0.6) is 5.88 Å². The summed E-state index contributed by atoms with van der Waals surface area (Å²) in [5.41, 5.74) is 6.49. The van der Waals surface area contributed by atoms with Crippen molar-refractivity contribution >= 4 is 16.5 Å². The largest absolute Gasteiger partial charge is 0.478 e. The number of nitrogens with zero attached hydrogens (tertiary/aromatic N) is 1. The van der Waals surface area contributed by atoms with Gasteiger partial charge in [-0.05, 0) is 13.0 Å². The molecule has 0 aliphatic heterocycles. The Kier molecular flexibility index (Phi) is 2.23. The van der Waals surface area contributed by atoms with Gasteiger partial charge < -0.3 is 10.5 Å². The van der Waals surface area contributed by atoms with Gasteiger partial charge in [0.2, 0.25) is 5.88 Å². The summed E-state index contributed by atoms with van der Waals surface area (Å²) >= 11 is 0. The normalized spacial score (nSPS) is 10.4. The second-order valence-corrected chi connectivity index (χ2v) is 3.00. The topological polar surface area (TPSA) is 48.1 Å². The van der Waals surface area contributed by atoms with E-state index in [9.17, 15) is 0 Å². The molecule has 0 aliphatic carbocycles. The molecule has 2 N–H and O–H groups in total. The first-order valence-electron chi connectivity index (χ1n) is 4.59. The maximum absolute atomic E-state index is 5.80. The summed E-state index contributed by atoms with van der Waals surface area (Å²) in [4.78, 5) is 4.15. The number of aromatic nitrogens is 1. The van der Waals surface area contributed by atoms with Gasteiger partial charge in [-0.15, -0.1) is 0 Å². The third kappa shape index (κ3) is 1.37. The van der Waals surface area contributed by atoms with Crippen LogP contribution in [0.2, 0.25) is 0 Å². The van der Waals surface area contributed by atoms with Crippen LogP contribution in [0.4, 0.5) is 5.69 Å². The van der Waals surface area contributed by atoms with Crippen LogP contribution in [-0.4, -0.2) is 11.6 Å². The van der Waals surface area contributed by atoms with Gasteiger partial charge in [0, 0.05) is 10.8 Å². The summed E-state index contributed by atoms with van der Waals surface area (Å²) in [5.74, 6) is 0.650. The van der Waals surface area contributed by atoms with E-state index in [1.807, 2.05) is 31.2 Å². The van der Waals surface area contributed by atoms with E-state index in [4.69, 9.17) is 10.5 Å². The standard InChI is InChI=1S/C11H12N2O/c1-2-14-11-9-6-4-3-5-8(9)10(12)7-13-11/h3-7H,2,12H2,1H3. The second kappa shape index (κ2) is 3.54. The van der Waals surface area contributed by atoms with Crippen LogP contribution >= 0.6 is 0 Å². The zero-order valence-electron chi connectivity index (χ0n) is 8.03. The van der Waals surface area contributed by atoms with Gasteiger partial charge in [-0.2, -0.15) is 0 Å². The number of anilines is 1. The molecule has 0 saturated carbocycles. The Morgan fingerprint density at radius 2 is 2.00 bits per heavy atom. The summed E-state index contributed by atoms with van der Waals surface area (Å²) in [6.07, 6.45) is 1.63. The fraction of sp³-hybridized carbons (Fsp3) is 0.182. The molecule has 3 heteroatoms. The molecule has 1 aromatic carbocycles. The molecule has 0 atom stereocenters. The number of hydrogen-bond donors (Lipinski definition) is 1. The molecule has 72 valence electrons. The molecule has 2 rings (SSSR count). The minimum Gasteiger partial charge on any atom is -0.478 e. The van der Waals surface area contributed by atoms with Gasteiger partial charge in [-0.25, -0.2) is 4.98 Å². The molecule has 1 heterocycles. The van der Waals surface area contributed by atoms with E-state index in [0.717, 1.165) is 10.8 Å². The zero-order valence-corrected chi connectivity index (χ0v) is 8.03. The highest BCUT2D eigenvalue weighted by atomic mass is 16.5. The number of nitrogen functional groups attached to an aromatic ring is 1. The van der Waals surface area contributed by atoms with Crippen molar-refractivity contribution in [2.45, 2.75) is 6.92 Å². The van der Waals surface area contributed by atoms with Crippen molar-refractivity contribution < 1.29 is 4.74 Å². The van der Waals surface area contributed by atoms with Crippen molar-refractivity contribution in [1.29, 1.82) is 0 Å². The SMILES string of the molecule is CCOc1ncc(N)c2ccccc12. The second-order valence-electron chi connectivity index (χ2n) is 3.00. The van der Waals surface area contributed by atoms with Gasteiger partial charge in [-0.3, -0.25) is 0 Å². The minimum atomic E-state index is 0.612. The lowest BCUT2D eigenvalue weighted by Crippen LogP contribution is -1.97.